The lowest BCUT2D eigenvalue weighted by molar-refractivity contribution is -0.129. The van der Waals surface area contributed by atoms with Crippen LogP contribution in [0.2, 0.25) is 0 Å². The highest BCUT2D eigenvalue weighted by molar-refractivity contribution is 5.89. The van der Waals surface area contributed by atoms with Crippen LogP contribution < -0.4 is 5.32 Å². The molecule has 1 fully saturated rings. The second kappa shape index (κ2) is 9.42. The first-order chi connectivity index (χ1) is 11.6. The standard InChI is InChI=1S/C19H29N3O2/c1-21(2)12-7-11-20-19(24)17-14-18(23)22(15-17)13-6-10-16-8-4-3-5-9-16/h3-5,8-9,17H,6-7,10-15H2,1-2H3,(H,20,24). The number of benzene rings is 1. The van der Waals surface area contributed by atoms with Crippen LogP contribution in [0, 0.1) is 5.92 Å². The minimum absolute atomic E-state index is 0.0210. The molecule has 1 heterocycles. The predicted molar refractivity (Wildman–Crippen MR) is 95.6 cm³/mol. The van der Waals surface area contributed by atoms with E-state index in [1.54, 1.807) is 0 Å². The number of carbonyl (C=O) groups is 2. The smallest absolute Gasteiger partial charge is 0.225 e. The summed E-state index contributed by atoms with van der Waals surface area (Å²) >= 11 is 0. The van der Waals surface area contributed by atoms with Gasteiger partial charge in [0.05, 0.1) is 5.92 Å². The summed E-state index contributed by atoms with van der Waals surface area (Å²) in [6.07, 6.45) is 3.18. The van der Waals surface area contributed by atoms with Crippen molar-refractivity contribution in [2.45, 2.75) is 25.7 Å². The molecule has 5 heteroatoms. The lowest BCUT2D eigenvalue weighted by Gasteiger charge is -2.16. The molecule has 0 spiro atoms. The third-order valence-electron chi connectivity index (χ3n) is 4.40. The van der Waals surface area contributed by atoms with E-state index in [1.807, 2.05) is 37.2 Å². The molecule has 5 nitrogen and oxygen atoms in total. The maximum absolute atomic E-state index is 12.2. The highest BCUT2D eigenvalue weighted by Gasteiger charge is 2.33. The summed E-state index contributed by atoms with van der Waals surface area (Å²) in [5.74, 6) is -0.0576. The number of nitrogens with zero attached hydrogens (tertiary/aromatic N) is 2. The highest BCUT2D eigenvalue weighted by Crippen LogP contribution is 2.18. The molecule has 2 rings (SSSR count). The topological polar surface area (TPSA) is 52.7 Å². The molecule has 1 aromatic rings. The summed E-state index contributed by atoms with van der Waals surface area (Å²) in [6.45, 7) is 2.93. The fourth-order valence-electron chi connectivity index (χ4n) is 3.03. The zero-order chi connectivity index (χ0) is 17.4. The first kappa shape index (κ1) is 18.5. The van der Waals surface area contributed by atoms with Crippen LogP contribution in [0.3, 0.4) is 0 Å². The molecule has 1 N–H and O–H groups in total. The van der Waals surface area contributed by atoms with Gasteiger partial charge in [0.15, 0.2) is 0 Å². The second-order valence-electron chi connectivity index (χ2n) is 6.78. The molecule has 24 heavy (non-hydrogen) atoms. The molecule has 0 radical (unpaired) electrons. The molecular formula is C19H29N3O2. The average Bonchev–Trinajstić information content (AvgIpc) is 2.93. The molecule has 0 aromatic heterocycles. The Kier molecular flexibility index (Phi) is 7.25. The average molecular weight is 331 g/mol. The minimum atomic E-state index is -0.186. The van der Waals surface area contributed by atoms with Crippen LogP contribution in [0.15, 0.2) is 30.3 Å². The SMILES string of the molecule is CN(C)CCCNC(=O)C1CC(=O)N(CCCc2ccccc2)C1. The number of likely N-dealkylation sites (tertiary alicyclic amines) is 1. The van der Waals surface area contributed by atoms with Crippen molar-refractivity contribution < 1.29 is 9.59 Å². The van der Waals surface area contributed by atoms with Gasteiger partial charge in [0, 0.05) is 26.1 Å². The van der Waals surface area contributed by atoms with Crippen molar-refractivity contribution in [1.82, 2.24) is 15.1 Å². The van der Waals surface area contributed by atoms with Crippen molar-refractivity contribution in [3.8, 4) is 0 Å². The van der Waals surface area contributed by atoms with E-state index in [0.717, 1.165) is 32.4 Å². The first-order valence-corrected chi connectivity index (χ1v) is 8.80. The molecule has 0 aliphatic carbocycles. The summed E-state index contributed by atoms with van der Waals surface area (Å²) in [4.78, 5) is 28.2. The van der Waals surface area contributed by atoms with E-state index in [2.05, 4.69) is 22.3 Å². The number of nitrogens with one attached hydrogen (secondary N) is 1. The molecule has 132 valence electrons. The van der Waals surface area contributed by atoms with Gasteiger partial charge in [-0.25, -0.2) is 0 Å². The lowest BCUT2D eigenvalue weighted by atomic mass is 10.1. The Bertz CT molecular complexity index is 531. The van der Waals surface area contributed by atoms with E-state index >= 15 is 0 Å². The molecule has 1 atom stereocenters. The monoisotopic (exact) mass is 331 g/mol. The number of amides is 2. The van der Waals surface area contributed by atoms with Gasteiger partial charge in [-0.1, -0.05) is 30.3 Å². The van der Waals surface area contributed by atoms with Crippen molar-refractivity contribution in [3.05, 3.63) is 35.9 Å². The van der Waals surface area contributed by atoms with E-state index in [4.69, 9.17) is 0 Å². The van der Waals surface area contributed by atoms with Crippen molar-refractivity contribution in [2.75, 3.05) is 40.3 Å². The summed E-state index contributed by atoms with van der Waals surface area (Å²) in [5, 5.41) is 2.96. The molecule has 0 saturated carbocycles. The molecule has 1 aliphatic rings. The van der Waals surface area contributed by atoms with Crippen LogP contribution in [0.5, 0.6) is 0 Å². The molecular weight excluding hydrogens is 302 g/mol. The predicted octanol–water partition coefficient (Wildman–Crippen LogP) is 1.54. The summed E-state index contributed by atoms with van der Waals surface area (Å²) in [5.41, 5.74) is 1.29. The van der Waals surface area contributed by atoms with E-state index in [9.17, 15) is 9.59 Å². The van der Waals surface area contributed by atoms with Gasteiger partial charge in [0.1, 0.15) is 0 Å². The number of hydrogen-bond donors (Lipinski definition) is 1. The van der Waals surface area contributed by atoms with Gasteiger partial charge in [-0.15, -0.1) is 0 Å². The molecule has 2 amide bonds. The molecule has 1 saturated heterocycles. The van der Waals surface area contributed by atoms with Gasteiger partial charge in [0.25, 0.3) is 0 Å². The normalized spacial score (nSPS) is 17.5. The Balaban J connectivity index is 1.67. The van der Waals surface area contributed by atoms with Gasteiger partial charge in [-0.2, -0.15) is 0 Å². The summed E-state index contributed by atoms with van der Waals surface area (Å²) < 4.78 is 0. The zero-order valence-electron chi connectivity index (χ0n) is 14.8. The van der Waals surface area contributed by atoms with Crippen LogP contribution in [-0.4, -0.2) is 61.9 Å². The van der Waals surface area contributed by atoms with E-state index < -0.39 is 0 Å². The highest BCUT2D eigenvalue weighted by atomic mass is 16.2. The summed E-state index contributed by atoms with van der Waals surface area (Å²) in [6, 6.07) is 10.3. The van der Waals surface area contributed by atoms with Gasteiger partial charge in [-0.05, 0) is 45.5 Å². The lowest BCUT2D eigenvalue weighted by Crippen LogP contribution is -2.34. The van der Waals surface area contributed by atoms with Crippen molar-refractivity contribution >= 4 is 11.8 Å². The number of hydrogen-bond acceptors (Lipinski definition) is 3. The largest absolute Gasteiger partial charge is 0.356 e. The third-order valence-corrected chi connectivity index (χ3v) is 4.40. The number of aryl methyl sites for hydroxylation is 1. The molecule has 1 aliphatic heterocycles. The van der Waals surface area contributed by atoms with Crippen LogP contribution >= 0.6 is 0 Å². The Morgan fingerprint density at radius 1 is 1.25 bits per heavy atom. The van der Waals surface area contributed by atoms with Gasteiger partial charge in [0.2, 0.25) is 11.8 Å². The fraction of sp³-hybridized carbons (Fsp3) is 0.579. The van der Waals surface area contributed by atoms with Gasteiger partial charge in [-0.3, -0.25) is 9.59 Å². The van der Waals surface area contributed by atoms with Crippen molar-refractivity contribution in [1.29, 1.82) is 0 Å². The van der Waals surface area contributed by atoms with Gasteiger partial charge < -0.3 is 15.1 Å². The van der Waals surface area contributed by atoms with Crippen LogP contribution in [0.25, 0.3) is 0 Å². The van der Waals surface area contributed by atoms with Crippen LogP contribution in [0.1, 0.15) is 24.8 Å². The first-order valence-electron chi connectivity index (χ1n) is 8.80. The molecule has 0 bridgehead atoms. The van der Waals surface area contributed by atoms with E-state index in [0.29, 0.717) is 19.5 Å². The Hall–Kier alpha value is -1.88. The van der Waals surface area contributed by atoms with E-state index in [-0.39, 0.29) is 17.7 Å². The molecule has 1 unspecified atom stereocenters. The Labute approximate surface area is 145 Å². The maximum atomic E-state index is 12.2. The van der Waals surface area contributed by atoms with Crippen LogP contribution in [-0.2, 0) is 16.0 Å². The van der Waals surface area contributed by atoms with Crippen molar-refractivity contribution in [3.63, 3.8) is 0 Å². The van der Waals surface area contributed by atoms with Crippen LogP contribution in [0.4, 0.5) is 0 Å². The van der Waals surface area contributed by atoms with Gasteiger partial charge >= 0.3 is 0 Å². The third kappa shape index (κ3) is 5.96. The maximum Gasteiger partial charge on any atom is 0.225 e. The fourth-order valence-corrected chi connectivity index (χ4v) is 3.03. The number of rotatable bonds is 9. The molecule has 1 aromatic carbocycles. The summed E-state index contributed by atoms with van der Waals surface area (Å²) in [7, 11) is 4.04. The zero-order valence-corrected chi connectivity index (χ0v) is 14.8. The quantitative estimate of drug-likeness (QED) is 0.698. The van der Waals surface area contributed by atoms with E-state index in [1.165, 1.54) is 5.56 Å². The van der Waals surface area contributed by atoms with Crippen molar-refractivity contribution in [2.24, 2.45) is 5.92 Å². The second-order valence-corrected chi connectivity index (χ2v) is 6.78. The number of carbonyl (C=O) groups excluding carboxylic acids is 2. The minimum Gasteiger partial charge on any atom is -0.356 e. The Morgan fingerprint density at radius 3 is 2.71 bits per heavy atom. The Morgan fingerprint density at radius 2 is 2.00 bits per heavy atom.